The summed E-state index contributed by atoms with van der Waals surface area (Å²) in [5.41, 5.74) is 0.963. The van der Waals surface area contributed by atoms with Gasteiger partial charge in [-0.2, -0.15) is 0 Å². The third-order valence-corrected chi connectivity index (χ3v) is 5.69. The third kappa shape index (κ3) is 4.05. The van der Waals surface area contributed by atoms with Crippen LogP contribution in [0.25, 0.3) is 6.08 Å². The molecule has 25 heavy (non-hydrogen) atoms. The molecule has 2 heterocycles. The number of aliphatic carboxylic acids is 1. The lowest BCUT2D eigenvalue weighted by Gasteiger charge is -2.48. The summed E-state index contributed by atoms with van der Waals surface area (Å²) in [4.78, 5) is 14.1. The minimum Gasteiger partial charge on any atom is -0.496 e. The second-order valence-electron chi connectivity index (χ2n) is 7.02. The van der Waals surface area contributed by atoms with Crippen LogP contribution in [-0.2, 0) is 9.53 Å². The Balaban J connectivity index is 1.63. The van der Waals surface area contributed by atoms with Crippen LogP contribution in [-0.4, -0.2) is 55.9 Å². The van der Waals surface area contributed by atoms with Gasteiger partial charge in [-0.3, -0.25) is 9.69 Å². The number of methoxy groups -OCH3 is 1. The molecule has 0 aliphatic carbocycles. The lowest BCUT2D eigenvalue weighted by atomic mass is 9.65. The monoisotopic (exact) mass is 345 g/mol. The highest BCUT2D eigenvalue weighted by molar-refractivity contribution is 5.71. The number of nitrogens with zero attached hydrogens (tertiary/aromatic N) is 1. The van der Waals surface area contributed by atoms with Crippen molar-refractivity contribution in [3.05, 3.63) is 35.9 Å². The van der Waals surface area contributed by atoms with Crippen LogP contribution >= 0.6 is 0 Å². The topological polar surface area (TPSA) is 59.0 Å². The van der Waals surface area contributed by atoms with Gasteiger partial charge in [-0.05, 0) is 37.3 Å². The smallest absolute Gasteiger partial charge is 0.308 e. The van der Waals surface area contributed by atoms with E-state index in [1.54, 1.807) is 7.11 Å². The molecule has 0 aromatic heterocycles. The predicted molar refractivity (Wildman–Crippen MR) is 96.7 cm³/mol. The Bertz CT molecular complexity index is 622. The molecule has 1 atom stereocenters. The summed E-state index contributed by atoms with van der Waals surface area (Å²) < 4.78 is 10.8. The number of carboxylic acids is 1. The Labute approximate surface area is 149 Å². The molecular weight excluding hydrogens is 318 g/mol. The summed E-state index contributed by atoms with van der Waals surface area (Å²) in [6.07, 6.45) is 6.83. The Hall–Kier alpha value is -1.85. The minimum atomic E-state index is -0.666. The number of benzene rings is 1. The van der Waals surface area contributed by atoms with Crippen molar-refractivity contribution in [1.82, 2.24) is 4.90 Å². The molecule has 1 N–H and O–H groups in total. The molecule has 136 valence electrons. The minimum absolute atomic E-state index is 0.0764. The van der Waals surface area contributed by atoms with Crippen molar-refractivity contribution in [3.63, 3.8) is 0 Å². The van der Waals surface area contributed by atoms with Gasteiger partial charge >= 0.3 is 5.97 Å². The first-order chi connectivity index (χ1) is 12.1. The molecule has 5 nitrogen and oxygen atoms in total. The van der Waals surface area contributed by atoms with E-state index >= 15 is 0 Å². The van der Waals surface area contributed by atoms with Gasteiger partial charge in [-0.25, -0.2) is 0 Å². The van der Waals surface area contributed by atoms with Crippen molar-refractivity contribution >= 4 is 12.0 Å². The van der Waals surface area contributed by atoms with Crippen molar-refractivity contribution in [2.75, 3.05) is 40.0 Å². The molecule has 5 heteroatoms. The van der Waals surface area contributed by atoms with Gasteiger partial charge in [0, 0.05) is 31.9 Å². The highest BCUT2D eigenvalue weighted by Gasteiger charge is 2.47. The van der Waals surface area contributed by atoms with E-state index in [0.29, 0.717) is 19.8 Å². The van der Waals surface area contributed by atoms with Gasteiger partial charge in [0.15, 0.2) is 0 Å². The number of rotatable bonds is 5. The van der Waals surface area contributed by atoms with Crippen molar-refractivity contribution < 1.29 is 19.4 Å². The van der Waals surface area contributed by atoms with E-state index in [0.717, 1.165) is 43.7 Å². The maximum atomic E-state index is 11.9. The summed E-state index contributed by atoms with van der Waals surface area (Å²) in [6.45, 7) is 3.70. The molecule has 1 aromatic rings. The van der Waals surface area contributed by atoms with Crippen molar-refractivity contribution in [2.24, 2.45) is 11.3 Å². The van der Waals surface area contributed by atoms with E-state index < -0.39 is 5.97 Å². The molecule has 0 bridgehead atoms. The number of piperidine rings is 1. The number of carboxylic acid groups (broad SMARTS) is 1. The summed E-state index contributed by atoms with van der Waals surface area (Å²) in [6, 6.07) is 7.89. The van der Waals surface area contributed by atoms with Crippen LogP contribution in [0.4, 0.5) is 0 Å². The molecule has 2 aliphatic rings. The SMILES string of the molecule is COc1ccccc1/C=C/CN1CCC2(CCOCC2)C(C(=O)O)C1. The fraction of sp³-hybridized carbons (Fsp3) is 0.550. The number of likely N-dealkylation sites (tertiary alicyclic amines) is 1. The lowest BCUT2D eigenvalue weighted by Crippen LogP contribution is -2.52. The Morgan fingerprint density at radius 3 is 2.84 bits per heavy atom. The van der Waals surface area contributed by atoms with Crippen LogP contribution in [0.3, 0.4) is 0 Å². The van der Waals surface area contributed by atoms with Crippen LogP contribution in [0, 0.1) is 11.3 Å². The first-order valence-corrected chi connectivity index (χ1v) is 8.97. The summed E-state index contributed by atoms with van der Waals surface area (Å²) in [7, 11) is 1.67. The van der Waals surface area contributed by atoms with Gasteiger partial charge in [-0.15, -0.1) is 0 Å². The van der Waals surface area contributed by atoms with Crippen LogP contribution in [0.2, 0.25) is 0 Å². The third-order valence-electron chi connectivity index (χ3n) is 5.69. The molecule has 1 unspecified atom stereocenters. The second kappa shape index (κ2) is 8.02. The maximum Gasteiger partial charge on any atom is 0.308 e. The number of hydrogen-bond acceptors (Lipinski definition) is 4. The highest BCUT2D eigenvalue weighted by atomic mass is 16.5. The molecule has 1 aromatic carbocycles. The standard InChI is InChI=1S/C20H27NO4/c1-24-18-7-3-2-5-16(18)6-4-11-21-12-8-20(9-13-25-14-10-20)17(15-21)19(22)23/h2-7,17H,8-15H2,1H3,(H,22,23)/b6-4+. The van der Waals surface area contributed by atoms with Gasteiger partial charge in [-0.1, -0.05) is 30.4 Å². The fourth-order valence-corrected chi connectivity index (χ4v) is 4.11. The number of hydrogen-bond donors (Lipinski definition) is 1. The van der Waals surface area contributed by atoms with Crippen LogP contribution in [0.5, 0.6) is 5.75 Å². The van der Waals surface area contributed by atoms with E-state index in [4.69, 9.17) is 9.47 Å². The molecule has 2 fully saturated rings. The van der Waals surface area contributed by atoms with Crippen molar-refractivity contribution in [3.8, 4) is 5.75 Å². The van der Waals surface area contributed by atoms with E-state index in [2.05, 4.69) is 11.0 Å². The van der Waals surface area contributed by atoms with Gasteiger partial charge in [0.2, 0.25) is 0 Å². The molecule has 2 aliphatic heterocycles. The quantitative estimate of drug-likeness (QED) is 0.889. The first kappa shape index (κ1) is 18.0. The molecule has 3 rings (SSSR count). The number of carbonyl (C=O) groups is 1. The lowest BCUT2D eigenvalue weighted by molar-refractivity contribution is -0.155. The van der Waals surface area contributed by atoms with E-state index in [9.17, 15) is 9.90 Å². The zero-order chi connectivity index (χ0) is 17.7. The van der Waals surface area contributed by atoms with E-state index in [-0.39, 0.29) is 11.3 Å². The molecule has 0 amide bonds. The molecule has 2 saturated heterocycles. The molecular formula is C20H27NO4. The first-order valence-electron chi connectivity index (χ1n) is 8.97. The van der Waals surface area contributed by atoms with Crippen LogP contribution in [0.15, 0.2) is 30.3 Å². The Morgan fingerprint density at radius 1 is 1.36 bits per heavy atom. The zero-order valence-electron chi connectivity index (χ0n) is 14.8. The van der Waals surface area contributed by atoms with E-state index in [1.807, 2.05) is 30.3 Å². The second-order valence-corrected chi connectivity index (χ2v) is 7.02. The normalized spacial score (nSPS) is 23.8. The summed E-state index contributed by atoms with van der Waals surface area (Å²) in [5, 5.41) is 9.74. The molecule has 0 saturated carbocycles. The van der Waals surface area contributed by atoms with Crippen molar-refractivity contribution in [1.29, 1.82) is 0 Å². The fourth-order valence-electron chi connectivity index (χ4n) is 4.11. The average Bonchev–Trinajstić information content (AvgIpc) is 2.64. The average molecular weight is 345 g/mol. The number of ether oxygens (including phenoxy) is 2. The zero-order valence-corrected chi connectivity index (χ0v) is 14.8. The largest absolute Gasteiger partial charge is 0.496 e. The van der Waals surface area contributed by atoms with Crippen LogP contribution in [0.1, 0.15) is 24.8 Å². The molecule has 1 spiro atoms. The Kier molecular flexibility index (Phi) is 5.76. The number of para-hydroxylation sites is 1. The van der Waals surface area contributed by atoms with Gasteiger partial charge in [0.1, 0.15) is 5.75 Å². The molecule has 0 radical (unpaired) electrons. The predicted octanol–water partition coefficient (Wildman–Crippen LogP) is 2.91. The van der Waals surface area contributed by atoms with Gasteiger partial charge in [0.05, 0.1) is 13.0 Å². The Morgan fingerprint density at radius 2 is 2.12 bits per heavy atom. The summed E-state index contributed by atoms with van der Waals surface area (Å²) in [5.74, 6) is -0.118. The van der Waals surface area contributed by atoms with Gasteiger partial charge < -0.3 is 14.6 Å². The highest BCUT2D eigenvalue weighted by Crippen LogP contribution is 2.44. The van der Waals surface area contributed by atoms with E-state index in [1.165, 1.54) is 0 Å². The van der Waals surface area contributed by atoms with Crippen molar-refractivity contribution in [2.45, 2.75) is 19.3 Å². The maximum absolute atomic E-state index is 11.9. The van der Waals surface area contributed by atoms with Gasteiger partial charge in [0.25, 0.3) is 0 Å². The van der Waals surface area contributed by atoms with Crippen LogP contribution < -0.4 is 4.74 Å². The summed E-state index contributed by atoms with van der Waals surface area (Å²) >= 11 is 0.